The minimum Gasteiger partial charge on any atom is -0.468 e. The Morgan fingerprint density at radius 3 is 2.23 bits per heavy atom. The molecule has 0 unspecified atom stereocenters. The molecule has 0 radical (unpaired) electrons. The number of ketones is 1. The lowest BCUT2D eigenvalue weighted by Gasteiger charge is -2.09. The minimum atomic E-state index is -0.759. The number of rotatable bonds is 9. The number of H-pyrrole nitrogens is 2. The highest BCUT2D eigenvalue weighted by molar-refractivity contribution is 6.36. The van der Waals surface area contributed by atoms with E-state index in [0.717, 1.165) is 24.9 Å². The van der Waals surface area contributed by atoms with Crippen LogP contribution in [0.5, 0.6) is 0 Å². The Morgan fingerprint density at radius 2 is 1.73 bits per heavy atom. The van der Waals surface area contributed by atoms with Crippen LogP contribution in [0.4, 0.5) is 4.39 Å². The molecule has 1 aliphatic rings. The van der Waals surface area contributed by atoms with Gasteiger partial charge in [0, 0.05) is 41.5 Å². The van der Waals surface area contributed by atoms with Gasteiger partial charge in [0.15, 0.2) is 6.29 Å². The van der Waals surface area contributed by atoms with Crippen molar-refractivity contribution in [1.29, 1.82) is 0 Å². The molecule has 52 heavy (non-hydrogen) atoms. The fraction of sp³-hybridized carbons (Fsp3) is 0.341. The van der Waals surface area contributed by atoms with Crippen LogP contribution in [0.15, 0.2) is 91.2 Å². The fourth-order valence-electron chi connectivity index (χ4n) is 4.34. The van der Waals surface area contributed by atoms with E-state index >= 15 is 0 Å². The maximum atomic E-state index is 14.0. The zero-order valence-corrected chi connectivity index (χ0v) is 31.7. The SMILES string of the molecule is C=C/C=C(C=O)\C=C/CC.CC.CCOC=O.CN1CCCNCC1.Cc1cc(-c2ccc(F)c3c(C(=O)C=O)c[nH]c23)n[nH]1.Cc1ccccc1. The van der Waals surface area contributed by atoms with Crippen LogP contribution < -0.4 is 5.32 Å². The first-order valence-corrected chi connectivity index (χ1v) is 17.4. The lowest BCUT2D eigenvalue weighted by atomic mass is 10.0. The summed E-state index contributed by atoms with van der Waals surface area (Å²) in [5, 5.41) is 10.4. The number of aromatic amines is 2. The van der Waals surface area contributed by atoms with Crippen LogP contribution in [0.25, 0.3) is 22.2 Å². The predicted octanol–water partition coefficient (Wildman–Crippen LogP) is 7.76. The van der Waals surface area contributed by atoms with E-state index < -0.39 is 11.6 Å². The molecule has 0 spiro atoms. The van der Waals surface area contributed by atoms with Crippen molar-refractivity contribution in [2.24, 2.45) is 0 Å². The molecule has 2 aromatic carbocycles. The highest BCUT2D eigenvalue weighted by Gasteiger charge is 2.18. The van der Waals surface area contributed by atoms with Crippen molar-refractivity contribution >= 4 is 35.7 Å². The molecule has 2 aromatic heterocycles. The number of benzene rings is 2. The van der Waals surface area contributed by atoms with Gasteiger partial charge in [0.1, 0.15) is 12.1 Å². The third kappa shape index (κ3) is 18.7. The normalized spacial score (nSPS) is 12.3. The molecular formula is C41H56FN5O5. The Bertz CT molecular complexity index is 1650. The number of fused-ring (bicyclic) bond motifs is 1. The Hall–Kier alpha value is -5.26. The number of halogens is 1. The average Bonchev–Trinajstić information content (AvgIpc) is 3.74. The summed E-state index contributed by atoms with van der Waals surface area (Å²) in [4.78, 5) is 46.8. The minimum absolute atomic E-state index is 0.0293. The van der Waals surface area contributed by atoms with E-state index in [9.17, 15) is 23.6 Å². The van der Waals surface area contributed by atoms with E-state index in [1.165, 1.54) is 43.9 Å². The third-order valence-corrected chi connectivity index (χ3v) is 6.87. The Balaban J connectivity index is 0.000000686. The number of Topliss-reactive ketones (excluding diaryl/α,β-unsaturated/α-hetero) is 1. The van der Waals surface area contributed by atoms with Crippen LogP contribution in [0.3, 0.4) is 0 Å². The monoisotopic (exact) mass is 717 g/mol. The quantitative estimate of drug-likeness (QED) is 0.0526. The van der Waals surface area contributed by atoms with Gasteiger partial charge in [0.2, 0.25) is 5.78 Å². The molecular weight excluding hydrogens is 661 g/mol. The molecule has 282 valence electrons. The van der Waals surface area contributed by atoms with Crippen LogP contribution in [0, 0.1) is 19.7 Å². The van der Waals surface area contributed by atoms with Gasteiger partial charge in [-0.3, -0.25) is 24.3 Å². The van der Waals surface area contributed by atoms with E-state index in [-0.39, 0.29) is 17.2 Å². The number of ether oxygens (including phenoxy) is 1. The van der Waals surface area contributed by atoms with Crippen molar-refractivity contribution in [2.45, 2.75) is 54.4 Å². The second-order valence-corrected chi connectivity index (χ2v) is 10.9. The van der Waals surface area contributed by atoms with Crippen molar-refractivity contribution in [2.75, 3.05) is 39.8 Å². The van der Waals surface area contributed by atoms with Gasteiger partial charge in [-0.15, -0.1) is 0 Å². The molecule has 10 nitrogen and oxygen atoms in total. The number of carbonyl (C=O) groups excluding carboxylic acids is 4. The van der Waals surface area contributed by atoms with Crippen molar-refractivity contribution in [3.8, 4) is 11.3 Å². The molecule has 0 bridgehead atoms. The summed E-state index contributed by atoms with van der Waals surface area (Å²) in [6, 6.07) is 14.9. The van der Waals surface area contributed by atoms with Crippen molar-refractivity contribution in [3.05, 3.63) is 114 Å². The van der Waals surface area contributed by atoms with Gasteiger partial charge < -0.3 is 19.9 Å². The van der Waals surface area contributed by atoms with Crippen LogP contribution in [0.2, 0.25) is 0 Å². The topological polar surface area (TPSA) is 137 Å². The number of aldehydes is 2. The number of allylic oxidation sites excluding steroid dienone is 5. The summed E-state index contributed by atoms with van der Waals surface area (Å²) in [5.41, 5.74) is 4.63. The van der Waals surface area contributed by atoms with Gasteiger partial charge in [-0.1, -0.05) is 87.5 Å². The Labute approximate surface area is 308 Å². The van der Waals surface area contributed by atoms with Crippen LogP contribution in [-0.4, -0.2) is 84.7 Å². The molecule has 4 aromatic rings. The number of nitrogens with one attached hydrogen (secondary N) is 3. The highest BCUT2D eigenvalue weighted by Crippen LogP contribution is 2.31. The highest BCUT2D eigenvalue weighted by atomic mass is 19.1. The van der Waals surface area contributed by atoms with Gasteiger partial charge in [-0.05, 0) is 71.9 Å². The lowest BCUT2D eigenvalue weighted by Crippen LogP contribution is -2.23. The Kier molecular flexibility index (Phi) is 26.5. The van der Waals surface area contributed by atoms with Crippen molar-refractivity contribution in [1.82, 2.24) is 25.4 Å². The van der Waals surface area contributed by atoms with E-state index in [2.05, 4.69) is 62.8 Å². The summed E-state index contributed by atoms with van der Waals surface area (Å²) in [6.07, 6.45) is 11.6. The average molecular weight is 718 g/mol. The molecule has 1 fully saturated rings. The van der Waals surface area contributed by atoms with E-state index in [0.29, 0.717) is 35.4 Å². The van der Waals surface area contributed by atoms with Gasteiger partial charge in [0.05, 0.1) is 23.4 Å². The second kappa shape index (κ2) is 29.5. The number of aromatic nitrogens is 3. The van der Waals surface area contributed by atoms with E-state index in [1.807, 2.05) is 58.0 Å². The molecule has 0 aliphatic carbocycles. The lowest BCUT2D eigenvalue weighted by molar-refractivity contribution is -0.128. The molecule has 1 saturated heterocycles. The smallest absolute Gasteiger partial charge is 0.293 e. The van der Waals surface area contributed by atoms with Crippen LogP contribution in [-0.2, 0) is 19.1 Å². The standard InChI is InChI=1S/C14H10FN3O2.C9H12O.C7H8.C6H14N2.C3H6O2.C2H6/c1-7-4-11(18-17-7)8-2-3-10(15)13-9(12(20)6-19)5-16-14(8)13;1-3-5-7-9(8-10)6-4-2;1-7-5-3-2-4-6-7;1-8-5-2-3-7-4-6-8;1-2-5-3-4;1-2/h2-6,16H,1H3,(H,17,18);4-8H,2-3H2,1H3;2-6H,1H3;7H,2-6H2,1H3;3H,2H2,1H3;1-2H3/b;7-5-,9-6+;;;;. The first-order valence-electron chi connectivity index (χ1n) is 17.4. The first kappa shape index (κ1) is 46.7. The van der Waals surface area contributed by atoms with E-state index in [4.69, 9.17) is 0 Å². The summed E-state index contributed by atoms with van der Waals surface area (Å²) >= 11 is 0. The van der Waals surface area contributed by atoms with Crippen molar-refractivity contribution < 1.29 is 28.3 Å². The largest absolute Gasteiger partial charge is 0.468 e. The van der Waals surface area contributed by atoms with Crippen LogP contribution >= 0.6 is 0 Å². The predicted molar refractivity (Wildman–Crippen MR) is 210 cm³/mol. The van der Waals surface area contributed by atoms with Crippen molar-refractivity contribution in [3.63, 3.8) is 0 Å². The van der Waals surface area contributed by atoms with Gasteiger partial charge in [-0.2, -0.15) is 5.10 Å². The van der Waals surface area contributed by atoms with Gasteiger partial charge in [-0.25, -0.2) is 4.39 Å². The summed E-state index contributed by atoms with van der Waals surface area (Å²) < 4.78 is 18.1. The Morgan fingerprint density at radius 1 is 1.02 bits per heavy atom. The second-order valence-electron chi connectivity index (χ2n) is 10.9. The number of hydrogen-bond donors (Lipinski definition) is 3. The van der Waals surface area contributed by atoms with Gasteiger partial charge >= 0.3 is 0 Å². The molecule has 0 saturated carbocycles. The molecule has 3 heterocycles. The molecule has 11 heteroatoms. The summed E-state index contributed by atoms with van der Waals surface area (Å²) in [7, 11) is 2.17. The zero-order chi connectivity index (χ0) is 39.1. The molecule has 0 amide bonds. The summed E-state index contributed by atoms with van der Waals surface area (Å²) in [5.74, 6) is -1.31. The number of hydrogen-bond acceptors (Lipinski definition) is 8. The number of carbonyl (C=O) groups is 4. The molecule has 0 atom stereocenters. The molecule has 1 aliphatic heterocycles. The number of likely N-dealkylation sites (N-methyl/N-ethyl adjacent to an activating group) is 1. The zero-order valence-electron chi connectivity index (χ0n) is 31.7. The molecule has 5 rings (SSSR count). The van der Waals surface area contributed by atoms with E-state index in [1.54, 1.807) is 31.2 Å². The maximum absolute atomic E-state index is 14.0. The number of nitrogens with zero attached hydrogens (tertiary/aromatic N) is 2. The maximum Gasteiger partial charge on any atom is 0.293 e. The van der Waals surface area contributed by atoms with Gasteiger partial charge in [0.25, 0.3) is 6.47 Å². The fourth-order valence-corrected chi connectivity index (χ4v) is 4.34. The number of aryl methyl sites for hydroxylation is 2. The first-order chi connectivity index (χ1) is 25.2. The summed E-state index contributed by atoms with van der Waals surface area (Å²) in [6.45, 7) is 20.9. The third-order valence-electron chi connectivity index (χ3n) is 6.87. The van der Waals surface area contributed by atoms with Crippen LogP contribution in [0.1, 0.15) is 62.2 Å². The molecule has 3 N–H and O–H groups in total.